The van der Waals surface area contributed by atoms with Gasteiger partial charge in [0.15, 0.2) is 4.77 Å². The minimum absolute atomic E-state index is 0.103. The lowest BCUT2D eigenvalue weighted by Crippen LogP contribution is -2.30. The van der Waals surface area contributed by atoms with Gasteiger partial charge in [0.05, 0.1) is 21.8 Å². The molecule has 0 atom stereocenters. The Hall–Kier alpha value is -1.96. The van der Waals surface area contributed by atoms with E-state index in [-0.39, 0.29) is 11.5 Å². The molecule has 130 valence electrons. The van der Waals surface area contributed by atoms with Crippen LogP contribution in [-0.4, -0.2) is 26.9 Å². The summed E-state index contributed by atoms with van der Waals surface area (Å²) in [5.74, 6) is -0.103. The predicted octanol–water partition coefficient (Wildman–Crippen LogP) is 3.97. The summed E-state index contributed by atoms with van der Waals surface area (Å²) in [6.45, 7) is 2.99. The van der Waals surface area contributed by atoms with Gasteiger partial charge in [0.1, 0.15) is 0 Å². The fraction of sp³-hybridized carbons (Fsp3) is 0.235. The van der Waals surface area contributed by atoms with Gasteiger partial charge in [0, 0.05) is 24.0 Å². The zero-order valence-corrected chi connectivity index (χ0v) is 16.1. The molecule has 0 aliphatic carbocycles. The van der Waals surface area contributed by atoms with Gasteiger partial charge < -0.3 is 9.88 Å². The number of thiophene rings is 1. The zero-order chi connectivity index (χ0) is 18.1. The summed E-state index contributed by atoms with van der Waals surface area (Å²) in [5.41, 5.74) is 0.892. The average molecular weight is 394 g/mol. The Kier molecular flexibility index (Phi) is 5.08. The van der Waals surface area contributed by atoms with Gasteiger partial charge in [-0.25, -0.2) is 0 Å². The van der Waals surface area contributed by atoms with E-state index in [1.165, 1.54) is 15.9 Å². The van der Waals surface area contributed by atoms with Crippen LogP contribution in [0.3, 0.4) is 0 Å². The van der Waals surface area contributed by atoms with Crippen molar-refractivity contribution in [2.24, 2.45) is 7.05 Å². The normalized spacial score (nSPS) is 11.0. The van der Waals surface area contributed by atoms with Crippen LogP contribution in [0.5, 0.6) is 0 Å². The van der Waals surface area contributed by atoms with Gasteiger partial charge in [0.25, 0.3) is 11.5 Å². The Morgan fingerprint density at radius 1 is 1.36 bits per heavy atom. The summed E-state index contributed by atoms with van der Waals surface area (Å²) >= 11 is 12.6. The molecular formula is C17H16ClN3O2S2. The van der Waals surface area contributed by atoms with Crippen LogP contribution in [0.4, 0.5) is 0 Å². The summed E-state index contributed by atoms with van der Waals surface area (Å²) in [6.07, 6.45) is 0. The summed E-state index contributed by atoms with van der Waals surface area (Å²) in [7, 11) is 1.62. The van der Waals surface area contributed by atoms with Crippen LogP contribution >= 0.6 is 35.2 Å². The molecule has 3 rings (SSSR count). The molecule has 0 aliphatic heterocycles. The number of amides is 1. The molecular weight excluding hydrogens is 378 g/mol. The zero-order valence-electron chi connectivity index (χ0n) is 13.7. The van der Waals surface area contributed by atoms with Crippen LogP contribution in [0, 0.1) is 4.77 Å². The van der Waals surface area contributed by atoms with Crippen molar-refractivity contribution in [1.29, 1.82) is 0 Å². The van der Waals surface area contributed by atoms with E-state index in [2.05, 4.69) is 4.98 Å². The monoisotopic (exact) mass is 393 g/mol. The maximum atomic E-state index is 12.8. The number of hydrogen-bond donors (Lipinski definition) is 1. The molecule has 0 aliphatic rings. The van der Waals surface area contributed by atoms with Crippen molar-refractivity contribution in [2.45, 2.75) is 13.5 Å². The molecule has 3 aromatic rings. The molecule has 2 heterocycles. The van der Waals surface area contributed by atoms with E-state index in [1.807, 2.05) is 19.1 Å². The van der Waals surface area contributed by atoms with E-state index in [9.17, 15) is 9.59 Å². The molecule has 0 fully saturated rings. The van der Waals surface area contributed by atoms with Crippen LogP contribution in [0.25, 0.3) is 10.9 Å². The van der Waals surface area contributed by atoms with Crippen molar-refractivity contribution in [3.8, 4) is 0 Å². The Morgan fingerprint density at radius 3 is 2.76 bits per heavy atom. The lowest BCUT2D eigenvalue weighted by Gasteiger charge is -2.20. The van der Waals surface area contributed by atoms with E-state index in [4.69, 9.17) is 23.8 Å². The molecule has 5 nitrogen and oxygen atoms in total. The molecule has 1 aromatic carbocycles. The third-order valence-corrected chi connectivity index (χ3v) is 5.58. The molecule has 25 heavy (non-hydrogen) atoms. The number of carbonyl (C=O) groups is 1. The maximum absolute atomic E-state index is 12.8. The topological polar surface area (TPSA) is 58.1 Å². The number of hydrogen-bond acceptors (Lipinski definition) is 4. The molecule has 8 heteroatoms. The second-order valence-corrected chi connectivity index (χ2v) is 7.77. The molecule has 0 unspecified atom stereocenters. The number of carbonyl (C=O) groups excluding carboxylic acids is 1. The minimum atomic E-state index is -0.182. The number of nitrogens with zero attached hydrogens (tertiary/aromatic N) is 2. The second-order valence-electron chi connectivity index (χ2n) is 5.58. The number of aromatic nitrogens is 2. The molecule has 0 radical (unpaired) electrons. The second kappa shape index (κ2) is 7.11. The molecule has 0 bridgehead atoms. The van der Waals surface area contributed by atoms with Crippen LogP contribution < -0.4 is 5.56 Å². The van der Waals surface area contributed by atoms with E-state index in [0.29, 0.717) is 38.7 Å². The molecule has 0 spiro atoms. The SMILES string of the molecule is CCN(Cc1ccc(Cl)s1)C(=O)c1ccc2c(=O)n(C)c(=S)[nH]c2c1. The van der Waals surface area contributed by atoms with Crippen molar-refractivity contribution in [1.82, 2.24) is 14.5 Å². The largest absolute Gasteiger partial charge is 0.334 e. The fourth-order valence-corrected chi connectivity index (χ4v) is 3.87. The predicted molar refractivity (Wildman–Crippen MR) is 104 cm³/mol. The standard InChI is InChI=1S/C17H16ClN3O2S2/c1-3-21(9-11-5-7-14(18)25-11)15(22)10-4-6-12-13(8-10)19-17(24)20(2)16(12)23/h4-8H,3,9H2,1-2H3,(H,19,24). The maximum Gasteiger partial charge on any atom is 0.261 e. The number of fused-ring (bicyclic) bond motifs is 1. The Bertz CT molecular complexity index is 1070. The molecule has 0 saturated carbocycles. The van der Waals surface area contributed by atoms with E-state index < -0.39 is 0 Å². The van der Waals surface area contributed by atoms with E-state index >= 15 is 0 Å². The number of rotatable bonds is 4. The average Bonchev–Trinajstić information content (AvgIpc) is 3.01. The molecule has 1 amide bonds. The van der Waals surface area contributed by atoms with Gasteiger partial charge in [0.2, 0.25) is 0 Å². The van der Waals surface area contributed by atoms with Crippen molar-refractivity contribution in [3.63, 3.8) is 0 Å². The number of benzene rings is 1. The number of H-pyrrole nitrogens is 1. The first-order valence-corrected chi connectivity index (χ1v) is 9.27. The summed E-state index contributed by atoms with van der Waals surface area (Å²) in [5, 5.41) is 0.501. The number of halogens is 1. The highest BCUT2D eigenvalue weighted by molar-refractivity contribution is 7.71. The third-order valence-electron chi connectivity index (χ3n) is 3.99. The van der Waals surface area contributed by atoms with Gasteiger partial charge in [-0.05, 0) is 49.5 Å². The molecule has 0 saturated heterocycles. The van der Waals surface area contributed by atoms with Crippen molar-refractivity contribution >= 4 is 52.0 Å². The fourth-order valence-electron chi connectivity index (χ4n) is 2.57. The summed E-state index contributed by atoms with van der Waals surface area (Å²) in [6, 6.07) is 8.76. The smallest absolute Gasteiger partial charge is 0.261 e. The lowest BCUT2D eigenvalue weighted by atomic mass is 10.1. The van der Waals surface area contributed by atoms with Crippen molar-refractivity contribution in [2.75, 3.05) is 6.54 Å². The lowest BCUT2D eigenvalue weighted by molar-refractivity contribution is 0.0754. The first kappa shape index (κ1) is 17.8. The summed E-state index contributed by atoms with van der Waals surface area (Å²) < 4.78 is 2.40. The number of nitrogens with one attached hydrogen (secondary N) is 1. The van der Waals surface area contributed by atoms with Gasteiger partial charge in [-0.15, -0.1) is 11.3 Å². The van der Waals surface area contributed by atoms with Gasteiger partial charge in [-0.3, -0.25) is 14.2 Å². The first-order valence-electron chi connectivity index (χ1n) is 7.67. The third kappa shape index (κ3) is 3.53. The van der Waals surface area contributed by atoms with Crippen molar-refractivity contribution in [3.05, 3.63) is 60.2 Å². The van der Waals surface area contributed by atoms with Gasteiger partial charge in [-0.1, -0.05) is 11.6 Å². The van der Waals surface area contributed by atoms with Gasteiger partial charge >= 0.3 is 0 Å². The quantitative estimate of drug-likeness (QED) is 0.682. The van der Waals surface area contributed by atoms with E-state index in [1.54, 1.807) is 30.1 Å². The Balaban J connectivity index is 1.96. The van der Waals surface area contributed by atoms with E-state index in [0.717, 1.165) is 4.88 Å². The van der Waals surface area contributed by atoms with Crippen LogP contribution in [-0.2, 0) is 13.6 Å². The molecule has 1 N–H and O–H groups in total. The van der Waals surface area contributed by atoms with Crippen molar-refractivity contribution < 1.29 is 4.79 Å². The summed E-state index contributed by atoms with van der Waals surface area (Å²) in [4.78, 5) is 30.8. The Morgan fingerprint density at radius 2 is 2.12 bits per heavy atom. The molecule has 2 aromatic heterocycles. The highest BCUT2D eigenvalue weighted by Crippen LogP contribution is 2.23. The Labute approximate surface area is 158 Å². The highest BCUT2D eigenvalue weighted by atomic mass is 35.5. The number of aromatic amines is 1. The van der Waals surface area contributed by atoms with Crippen LogP contribution in [0.15, 0.2) is 35.1 Å². The van der Waals surface area contributed by atoms with Gasteiger partial charge in [-0.2, -0.15) is 0 Å². The van der Waals surface area contributed by atoms with Crippen LogP contribution in [0.1, 0.15) is 22.2 Å². The highest BCUT2D eigenvalue weighted by Gasteiger charge is 2.16. The van der Waals surface area contributed by atoms with Crippen LogP contribution in [0.2, 0.25) is 4.34 Å². The first-order chi connectivity index (χ1) is 11.9. The minimum Gasteiger partial charge on any atom is -0.334 e.